The van der Waals surface area contributed by atoms with Crippen LogP contribution in [0.4, 0.5) is 5.69 Å². The average Bonchev–Trinajstić information content (AvgIpc) is 3.26. The lowest BCUT2D eigenvalue weighted by Gasteiger charge is -2.46. The van der Waals surface area contributed by atoms with Crippen LogP contribution >= 0.6 is 0 Å². The molecule has 0 radical (unpaired) electrons. The predicted octanol–water partition coefficient (Wildman–Crippen LogP) is 3.49. The number of fused-ring (bicyclic) bond motifs is 1. The molecule has 4 fully saturated rings. The largest absolute Gasteiger partial charge is 0.339 e. The summed E-state index contributed by atoms with van der Waals surface area (Å²) in [6.45, 7) is 10.1. The van der Waals surface area contributed by atoms with Gasteiger partial charge < -0.3 is 10.2 Å². The van der Waals surface area contributed by atoms with Gasteiger partial charge in [-0.15, -0.1) is 0 Å². The van der Waals surface area contributed by atoms with Crippen LogP contribution in [0.1, 0.15) is 46.5 Å². The van der Waals surface area contributed by atoms with Crippen molar-refractivity contribution >= 4 is 11.6 Å². The molecule has 4 nitrogen and oxygen atoms in total. The second kappa shape index (κ2) is 5.97. The van der Waals surface area contributed by atoms with Crippen molar-refractivity contribution in [1.29, 1.82) is 0 Å². The maximum atomic E-state index is 12.9. The van der Waals surface area contributed by atoms with Crippen molar-refractivity contribution in [1.82, 2.24) is 10.2 Å². The fraction of sp³-hybridized carbons (Fsp3) is 0.696. The van der Waals surface area contributed by atoms with Gasteiger partial charge in [-0.05, 0) is 61.0 Å². The number of piperidine rings is 1. The lowest BCUT2D eigenvalue weighted by atomic mass is 9.83. The first-order valence-corrected chi connectivity index (χ1v) is 10.8. The molecule has 1 aromatic rings. The number of amides is 1. The first kappa shape index (κ1) is 17.5. The van der Waals surface area contributed by atoms with Gasteiger partial charge in [0.25, 0.3) is 0 Å². The first-order chi connectivity index (χ1) is 13.0. The highest BCUT2D eigenvalue weighted by molar-refractivity contribution is 5.93. The summed E-state index contributed by atoms with van der Waals surface area (Å²) in [7, 11) is 0. The maximum absolute atomic E-state index is 12.9. The quantitative estimate of drug-likeness (QED) is 0.888. The fourth-order valence-corrected chi connectivity index (χ4v) is 6.76. The van der Waals surface area contributed by atoms with E-state index in [4.69, 9.17) is 0 Å². The van der Waals surface area contributed by atoms with Gasteiger partial charge in [0.05, 0.1) is 6.67 Å². The molecular weight excluding hydrogens is 334 g/mol. The number of carbonyl (C=O) groups is 1. The van der Waals surface area contributed by atoms with Crippen molar-refractivity contribution in [2.45, 2.75) is 58.0 Å². The van der Waals surface area contributed by atoms with Crippen molar-refractivity contribution < 1.29 is 4.79 Å². The van der Waals surface area contributed by atoms with Gasteiger partial charge in [0.2, 0.25) is 5.91 Å². The average molecular weight is 368 g/mol. The lowest BCUT2D eigenvalue weighted by molar-refractivity contribution is -0.125. The van der Waals surface area contributed by atoms with Gasteiger partial charge in [-0.1, -0.05) is 39.0 Å². The minimum Gasteiger partial charge on any atom is -0.339 e. The molecule has 2 saturated heterocycles. The number of likely N-dealkylation sites (tertiary alicyclic amines) is 1. The molecule has 4 unspecified atom stereocenters. The monoisotopic (exact) mass is 367 g/mol. The van der Waals surface area contributed by atoms with Crippen LogP contribution in [0, 0.1) is 23.2 Å². The van der Waals surface area contributed by atoms with Gasteiger partial charge in [-0.25, -0.2) is 0 Å². The molecule has 2 saturated carbocycles. The van der Waals surface area contributed by atoms with Crippen molar-refractivity contribution in [3.05, 3.63) is 30.3 Å². The number of anilines is 1. The Bertz CT molecular complexity index is 724. The normalized spacial score (nSPS) is 37.7. The van der Waals surface area contributed by atoms with E-state index in [1.54, 1.807) is 0 Å². The van der Waals surface area contributed by atoms with Crippen molar-refractivity contribution in [3.63, 3.8) is 0 Å². The molecule has 4 heteroatoms. The lowest BCUT2D eigenvalue weighted by Crippen LogP contribution is -2.58. The molecule has 2 aliphatic heterocycles. The van der Waals surface area contributed by atoms with Crippen LogP contribution in [0.5, 0.6) is 0 Å². The summed E-state index contributed by atoms with van der Waals surface area (Å²) in [6.07, 6.45) is 4.70. The Kier molecular flexibility index (Phi) is 3.88. The van der Waals surface area contributed by atoms with E-state index in [9.17, 15) is 4.79 Å². The highest BCUT2D eigenvalue weighted by Gasteiger charge is 2.66. The van der Waals surface area contributed by atoms with Gasteiger partial charge >= 0.3 is 0 Å². The maximum Gasteiger partial charge on any atom is 0.247 e. The number of benzene rings is 1. The zero-order chi connectivity index (χ0) is 18.8. The molecule has 1 N–H and O–H groups in total. The highest BCUT2D eigenvalue weighted by atomic mass is 16.2. The summed E-state index contributed by atoms with van der Waals surface area (Å²) in [5, 5.41) is 3.13. The number of rotatable bonds is 3. The molecule has 4 atom stereocenters. The molecule has 2 heterocycles. The van der Waals surface area contributed by atoms with Gasteiger partial charge in [0.1, 0.15) is 5.54 Å². The number of nitrogens with one attached hydrogen (secondary N) is 1. The molecule has 1 spiro atoms. The third kappa shape index (κ3) is 2.41. The van der Waals surface area contributed by atoms with Crippen molar-refractivity contribution in [3.8, 4) is 0 Å². The van der Waals surface area contributed by atoms with Gasteiger partial charge in [-0.2, -0.15) is 0 Å². The molecule has 27 heavy (non-hydrogen) atoms. The fourth-order valence-electron chi connectivity index (χ4n) is 6.76. The number of hydrogen-bond acceptors (Lipinski definition) is 3. The second-order valence-electron chi connectivity index (χ2n) is 9.82. The Morgan fingerprint density at radius 1 is 1.11 bits per heavy atom. The number of carbonyl (C=O) groups excluding carboxylic acids is 1. The summed E-state index contributed by atoms with van der Waals surface area (Å²) in [5.41, 5.74) is 1.44. The summed E-state index contributed by atoms with van der Waals surface area (Å²) in [5.74, 6) is 2.78. The Morgan fingerprint density at radius 2 is 1.81 bits per heavy atom. The third-order valence-electron chi connectivity index (χ3n) is 8.66. The van der Waals surface area contributed by atoms with Crippen LogP contribution in [0.15, 0.2) is 30.3 Å². The zero-order valence-corrected chi connectivity index (χ0v) is 16.9. The molecule has 0 bridgehead atoms. The molecule has 1 amide bonds. The summed E-state index contributed by atoms with van der Waals surface area (Å²) in [6, 6.07) is 11.2. The van der Waals surface area contributed by atoms with E-state index in [0.29, 0.717) is 12.1 Å². The molecule has 5 rings (SSSR count). The molecule has 146 valence electrons. The van der Waals surface area contributed by atoms with Crippen molar-refractivity contribution in [2.75, 3.05) is 24.7 Å². The Morgan fingerprint density at radius 3 is 2.44 bits per heavy atom. The van der Waals surface area contributed by atoms with E-state index in [-0.39, 0.29) is 11.4 Å². The van der Waals surface area contributed by atoms with E-state index in [2.05, 4.69) is 60.2 Å². The first-order valence-electron chi connectivity index (χ1n) is 10.8. The molecule has 1 aromatic carbocycles. The smallest absolute Gasteiger partial charge is 0.247 e. The van der Waals surface area contributed by atoms with E-state index < -0.39 is 0 Å². The second-order valence-corrected chi connectivity index (χ2v) is 9.82. The summed E-state index contributed by atoms with van der Waals surface area (Å²) >= 11 is 0. The van der Waals surface area contributed by atoms with Crippen LogP contribution in [-0.4, -0.2) is 42.1 Å². The van der Waals surface area contributed by atoms with Crippen LogP contribution in [0.3, 0.4) is 0 Å². The zero-order valence-electron chi connectivity index (χ0n) is 16.9. The number of nitrogens with zero attached hydrogens (tertiary/aromatic N) is 2. The Hall–Kier alpha value is -1.55. The van der Waals surface area contributed by atoms with Crippen molar-refractivity contribution in [2.24, 2.45) is 23.2 Å². The van der Waals surface area contributed by atoms with Crippen LogP contribution in [0.2, 0.25) is 0 Å². The SMILES string of the molecule is CC1C(N2CCC3(CC2)C(=O)NCN3c2ccccc2)CC2(C(C)C)CC12. The van der Waals surface area contributed by atoms with Crippen LogP contribution in [0.25, 0.3) is 0 Å². The van der Waals surface area contributed by atoms with E-state index >= 15 is 0 Å². The highest BCUT2D eigenvalue weighted by Crippen LogP contribution is 2.70. The third-order valence-corrected chi connectivity index (χ3v) is 8.66. The van der Waals surface area contributed by atoms with Gasteiger partial charge in [-0.3, -0.25) is 9.69 Å². The minimum atomic E-state index is -0.349. The topological polar surface area (TPSA) is 35.6 Å². The summed E-state index contributed by atoms with van der Waals surface area (Å²) in [4.78, 5) is 17.9. The molecule has 0 aromatic heterocycles. The van der Waals surface area contributed by atoms with E-state index in [1.165, 1.54) is 18.5 Å². The summed E-state index contributed by atoms with van der Waals surface area (Å²) < 4.78 is 0. The van der Waals surface area contributed by atoms with Crippen LogP contribution < -0.4 is 10.2 Å². The van der Waals surface area contributed by atoms with Crippen LogP contribution in [-0.2, 0) is 4.79 Å². The molecular formula is C23H33N3O. The van der Waals surface area contributed by atoms with E-state index in [0.717, 1.165) is 49.7 Å². The standard InChI is InChI=1S/C23H33N3O/c1-16(2)22-13-19(22)17(3)20(14-22)25-11-9-23(10-12-25)21(27)24-15-26(23)18-7-5-4-6-8-18/h4-8,16-17,19-20H,9-15H2,1-3H3,(H,24,27). The van der Waals surface area contributed by atoms with Gasteiger partial charge in [0.15, 0.2) is 0 Å². The number of para-hydroxylation sites is 1. The molecule has 4 aliphatic rings. The molecule has 2 aliphatic carbocycles. The Balaban J connectivity index is 1.32. The van der Waals surface area contributed by atoms with E-state index in [1.807, 2.05) is 6.07 Å². The predicted molar refractivity (Wildman–Crippen MR) is 108 cm³/mol. The number of hydrogen-bond donors (Lipinski definition) is 1. The Labute approximate surface area is 163 Å². The minimum absolute atomic E-state index is 0.229. The van der Waals surface area contributed by atoms with Gasteiger partial charge in [0, 0.05) is 24.8 Å².